The minimum Gasteiger partial charge on any atom is -0.456 e. The van der Waals surface area contributed by atoms with Gasteiger partial charge in [-0.05, 0) is 74.3 Å². The molecule has 0 bridgehead atoms. The van der Waals surface area contributed by atoms with Crippen LogP contribution in [0.1, 0.15) is 115 Å². The smallest absolute Gasteiger partial charge is 0.334 e. The van der Waals surface area contributed by atoms with Crippen LogP contribution in [0.3, 0.4) is 0 Å². The van der Waals surface area contributed by atoms with Gasteiger partial charge in [-0.15, -0.1) is 0 Å². The number of ether oxygens (including phenoxy) is 12. The second-order valence-electron chi connectivity index (χ2n) is 23.0. The van der Waals surface area contributed by atoms with E-state index in [2.05, 4.69) is 0 Å². The van der Waals surface area contributed by atoms with Crippen LogP contribution in [-0.2, 0) is 61.6 Å². The molecule has 4 fully saturated rings. The van der Waals surface area contributed by atoms with Gasteiger partial charge in [0.05, 0.1) is 73.2 Å². The lowest BCUT2D eigenvalue weighted by Crippen LogP contribution is -2.66. The van der Waals surface area contributed by atoms with E-state index in [9.17, 15) is 45.6 Å². The zero-order valence-electron chi connectivity index (χ0n) is 49.1. The van der Waals surface area contributed by atoms with Crippen LogP contribution in [0.25, 0.3) is 0 Å². The second-order valence-corrected chi connectivity index (χ2v) is 23.0. The molecule has 5 heterocycles. The fraction of sp³-hybridized carbons (Fsp3) is 0.810. The van der Waals surface area contributed by atoms with E-state index in [0.29, 0.717) is 12.0 Å². The third-order valence-electron chi connectivity index (χ3n) is 16.4. The Balaban J connectivity index is 1.37. The average molecular weight is 1130 g/mol. The molecule has 0 aromatic heterocycles. The maximum Gasteiger partial charge on any atom is 0.334 e. The summed E-state index contributed by atoms with van der Waals surface area (Å²) in [5, 5.41) is 92.6. The van der Waals surface area contributed by atoms with Crippen molar-refractivity contribution in [2.75, 3.05) is 35.0 Å². The number of esters is 1. The van der Waals surface area contributed by atoms with Gasteiger partial charge in [-0.1, -0.05) is 67.9 Å². The zero-order chi connectivity index (χ0) is 58.8. The molecule has 8 N–H and O–H groups in total. The lowest BCUT2D eigenvalue weighted by molar-refractivity contribution is -0.366. The molecule has 0 aliphatic carbocycles. The fourth-order valence-electron chi connectivity index (χ4n) is 11.6. The highest BCUT2D eigenvalue weighted by Crippen LogP contribution is 2.43. The van der Waals surface area contributed by atoms with E-state index in [1.807, 2.05) is 51.2 Å². The van der Waals surface area contributed by atoms with Crippen molar-refractivity contribution in [3.8, 4) is 0 Å². The second kappa shape index (κ2) is 29.8. The van der Waals surface area contributed by atoms with Crippen LogP contribution < -0.4 is 0 Å². The summed E-state index contributed by atoms with van der Waals surface area (Å²) >= 11 is 0. The van der Waals surface area contributed by atoms with Gasteiger partial charge in [0.1, 0.15) is 42.7 Å². The van der Waals surface area contributed by atoms with Gasteiger partial charge in [0, 0.05) is 77.4 Å². The Labute approximate surface area is 467 Å². The third-order valence-corrected chi connectivity index (χ3v) is 16.4. The summed E-state index contributed by atoms with van der Waals surface area (Å²) in [5.74, 6) is -5.45. The van der Waals surface area contributed by atoms with Gasteiger partial charge < -0.3 is 97.7 Å². The molecular weight excluding hydrogens is 1030 g/mol. The van der Waals surface area contributed by atoms with Crippen LogP contribution in [0.5, 0.6) is 0 Å². The molecule has 0 radical (unpaired) electrons. The van der Waals surface area contributed by atoms with Gasteiger partial charge >= 0.3 is 5.97 Å². The van der Waals surface area contributed by atoms with Crippen molar-refractivity contribution in [2.24, 2.45) is 17.8 Å². The molecule has 0 spiro atoms. The molecule has 0 aromatic carbocycles. The molecule has 5 aliphatic heterocycles. The quantitative estimate of drug-likeness (QED) is 0.109. The number of hydrogen-bond donors (Lipinski definition) is 8. The Morgan fingerprint density at radius 1 is 0.747 bits per heavy atom. The van der Waals surface area contributed by atoms with Crippen molar-refractivity contribution in [3.63, 3.8) is 0 Å². The first kappa shape index (κ1) is 67.2. The van der Waals surface area contributed by atoms with Gasteiger partial charge in [-0.2, -0.15) is 0 Å². The Bertz CT molecular complexity index is 2080. The Morgan fingerprint density at radius 3 is 2.05 bits per heavy atom. The molecule has 0 saturated carbocycles. The maximum atomic E-state index is 14.1. The van der Waals surface area contributed by atoms with Crippen molar-refractivity contribution < 1.29 is 102 Å². The number of carbonyl (C=O) groups excluding carboxylic acids is 1. The average Bonchev–Trinajstić information content (AvgIpc) is 3.46. The molecule has 0 aromatic rings. The molecule has 4 saturated heterocycles. The maximum absolute atomic E-state index is 14.1. The number of methoxy groups -OCH3 is 4. The van der Waals surface area contributed by atoms with Gasteiger partial charge in [-0.3, -0.25) is 0 Å². The molecule has 454 valence electrons. The highest BCUT2D eigenvalue weighted by molar-refractivity contribution is 5.88. The van der Waals surface area contributed by atoms with Crippen LogP contribution in [-0.4, -0.2) is 216 Å². The molecule has 21 heteroatoms. The van der Waals surface area contributed by atoms with Crippen molar-refractivity contribution in [2.45, 2.75) is 249 Å². The van der Waals surface area contributed by atoms with Gasteiger partial charge in [0.15, 0.2) is 18.9 Å². The van der Waals surface area contributed by atoms with Crippen LogP contribution in [0.2, 0.25) is 0 Å². The summed E-state index contributed by atoms with van der Waals surface area (Å²) in [5.41, 5.74) is 0.977. The normalized spacial score (nSPS) is 46.7. The first-order chi connectivity index (χ1) is 37.1. The lowest BCUT2D eigenvalue weighted by Gasteiger charge is -2.51. The lowest BCUT2D eigenvalue weighted by atomic mass is 9.76. The van der Waals surface area contributed by atoms with Gasteiger partial charge in [0.2, 0.25) is 5.79 Å². The summed E-state index contributed by atoms with van der Waals surface area (Å²) in [6, 6.07) is 0. The van der Waals surface area contributed by atoms with Crippen LogP contribution in [0.15, 0.2) is 58.7 Å². The summed E-state index contributed by atoms with van der Waals surface area (Å²) in [7, 11) is 5.80. The molecule has 5 rings (SSSR count). The van der Waals surface area contributed by atoms with Crippen LogP contribution in [0, 0.1) is 17.8 Å². The number of rotatable bonds is 15. The van der Waals surface area contributed by atoms with E-state index in [0.717, 1.165) is 11.1 Å². The SMILES string of the molecule is COC[C@@H](C[C@H]1O[C@@](O)([C@H](O)[C@@H]2C[C@H](OC)[C@@H](O)CC/C=C(C)/C=C/[C@@H](O[C@@H]3O[C@@H](C)[C@H](OC)[C@@H](O)[C@@H]3O)[C@H](C)/C=C(C)/C=C(C)/C=C(\C)C(=O)O2)[C@H](C)[C@@H](O)[C@H]1C)O[C@H]1C[C@](C)(O)[C@@H](O[C@H]2C[C@@H](OC)[C@H](O)[C@@H](C)O2)C(C)O1. The summed E-state index contributed by atoms with van der Waals surface area (Å²) in [6.07, 6.45) is -8.27. The molecule has 1 unspecified atom stereocenters. The fourth-order valence-corrected chi connectivity index (χ4v) is 11.6. The number of aliphatic hydroxyl groups excluding tert-OH is 6. The molecule has 25 atom stereocenters. The predicted octanol–water partition coefficient (Wildman–Crippen LogP) is 3.59. The minimum absolute atomic E-state index is 0.00743. The largest absolute Gasteiger partial charge is 0.456 e. The number of cyclic esters (lactones) is 1. The number of carbonyl (C=O) groups is 1. The topological polar surface area (TPSA) is 290 Å². The van der Waals surface area contributed by atoms with Crippen LogP contribution >= 0.6 is 0 Å². The van der Waals surface area contributed by atoms with E-state index in [-0.39, 0.29) is 50.2 Å². The Morgan fingerprint density at radius 2 is 1.42 bits per heavy atom. The highest BCUT2D eigenvalue weighted by Gasteiger charge is 2.57. The zero-order valence-corrected chi connectivity index (χ0v) is 49.1. The highest BCUT2D eigenvalue weighted by atomic mass is 16.7. The first-order valence-electron chi connectivity index (χ1n) is 27.9. The first-order valence-corrected chi connectivity index (χ1v) is 27.9. The number of hydrogen-bond acceptors (Lipinski definition) is 21. The third kappa shape index (κ3) is 17.3. The van der Waals surface area contributed by atoms with Gasteiger partial charge in [0.25, 0.3) is 0 Å². The van der Waals surface area contributed by atoms with Crippen molar-refractivity contribution in [1.82, 2.24) is 0 Å². The number of allylic oxidation sites excluding steroid dienone is 7. The molecule has 79 heavy (non-hydrogen) atoms. The van der Waals surface area contributed by atoms with Crippen molar-refractivity contribution in [3.05, 3.63) is 58.7 Å². The van der Waals surface area contributed by atoms with E-state index in [1.54, 1.807) is 54.5 Å². The van der Waals surface area contributed by atoms with Gasteiger partial charge in [-0.25, -0.2) is 4.79 Å². The van der Waals surface area contributed by atoms with E-state index < -0.39 is 152 Å². The monoisotopic (exact) mass is 1130 g/mol. The molecule has 5 aliphatic rings. The van der Waals surface area contributed by atoms with E-state index in [4.69, 9.17) is 56.8 Å². The molecule has 21 nitrogen and oxygen atoms in total. The predicted molar refractivity (Wildman–Crippen MR) is 288 cm³/mol. The van der Waals surface area contributed by atoms with E-state index in [1.165, 1.54) is 35.4 Å². The Hall–Kier alpha value is -2.59. The van der Waals surface area contributed by atoms with Crippen molar-refractivity contribution in [1.29, 1.82) is 0 Å². The Kier molecular flexibility index (Phi) is 25.3. The number of aliphatic hydroxyl groups is 8. The molecular formula is C58H96O21. The summed E-state index contributed by atoms with van der Waals surface area (Å²) in [6.45, 7) is 19.1. The standard InChI is InChI=1S/C58H96O21/c1-29-17-16-18-40(59)43(69-13)25-45(76-55(65)33(5)23-31(3)21-30(2)22-32(4)41(20-19-29)77-56-51(63)50(62)52(71-15)37(9)74-56)53(64)58(67)35(7)48(60)34(6)42(79-58)24-39(28-68-12)75-47-27-57(11,66)54(38(10)73-47)78-46-26-44(70-14)49(61)36(8)72-46/h17,19-23,32,34-54,56,59-64,66-67H,16,18,24-28H2,1-15H3/b20-19+,29-17+,30-22+,31-21+,33-23+/t32-,34+,35-,36-,37+,38?,39-,40+,41-,42-,43+,44-,45+,46+,47+,48+,49-,50+,51+,52+,53-,54+,56+,57+,58-/m1/s1. The summed E-state index contributed by atoms with van der Waals surface area (Å²) in [4.78, 5) is 14.1. The van der Waals surface area contributed by atoms with E-state index >= 15 is 0 Å². The summed E-state index contributed by atoms with van der Waals surface area (Å²) < 4.78 is 72.0. The molecule has 0 amide bonds. The van der Waals surface area contributed by atoms with Crippen molar-refractivity contribution >= 4 is 5.97 Å². The van der Waals surface area contributed by atoms with Crippen LogP contribution in [0.4, 0.5) is 0 Å². The minimum atomic E-state index is -2.54.